The van der Waals surface area contributed by atoms with Crippen LogP contribution in [0.2, 0.25) is 0 Å². The fraction of sp³-hybridized carbons (Fsp3) is 1.00. The van der Waals surface area contributed by atoms with E-state index in [0.29, 0.717) is 0 Å². The standard InChI is InChI=1S/C2H8O3P.Al.3H/c1-2-6(3,4)5;;;;/h3-5H,2H2,1H3;;;;/q+1;;;;. The molecule has 0 radical (unpaired) electrons. The van der Waals surface area contributed by atoms with Crippen molar-refractivity contribution >= 4 is 25.3 Å². The van der Waals surface area contributed by atoms with Crippen LogP contribution < -0.4 is 0 Å². The van der Waals surface area contributed by atoms with Gasteiger partial charge in [0.05, 0.1) is 0 Å². The predicted molar refractivity (Wildman–Crippen MR) is 34.1 cm³/mol. The summed E-state index contributed by atoms with van der Waals surface area (Å²) in [4.78, 5) is 24.1. The zero-order valence-corrected chi connectivity index (χ0v) is 4.39. The van der Waals surface area contributed by atoms with E-state index in [2.05, 4.69) is 0 Å². The maximum Gasteiger partial charge on any atom is 0.403 e. The van der Waals surface area contributed by atoms with Gasteiger partial charge in [-0.25, -0.2) is 0 Å². The molecule has 7 heavy (non-hydrogen) atoms. The van der Waals surface area contributed by atoms with Crippen LogP contribution in [0.5, 0.6) is 0 Å². The summed E-state index contributed by atoms with van der Waals surface area (Å²) in [6.07, 6.45) is 0.0486. The Morgan fingerprint density at radius 2 is 1.43 bits per heavy atom. The molecule has 3 N–H and O–H groups in total. The van der Waals surface area contributed by atoms with Gasteiger partial charge in [0.2, 0.25) is 0 Å². The van der Waals surface area contributed by atoms with Gasteiger partial charge < -0.3 is 0 Å². The molecule has 5 heteroatoms. The van der Waals surface area contributed by atoms with Gasteiger partial charge in [0.15, 0.2) is 17.4 Å². The molecule has 0 saturated heterocycles. The molecule has 0 heterocycles. The summed E-state index contributed by atoms with van der Waals surface area (Å²) in [6.45, 7) is 1.51. The van der Waals surface area contributed by atoms with Crippen molar-refractivity contribution < 1.29 is 14.7 Å². The predicted octanol–water partition coefficient (Wildman–Crippen LogP) is -1.44. The van der Waals surface area contributed by atoms with E-state index >= 15 is 0 Å². The maximum atomic E-state index is 8.05. The van der Waals surface area contributed by atoms with E-state index in [-0.39, 0.29) is 23.5 Å². The Kier molecular flexibility index (Phi) is 5.84. The second-order valence-corrected chi connectivity index (χ2v) is 3.03. The van der Waals surface area contributed by atoms with Crippen LogP contribution in [0.15, 0.2) is 0 Å². The lowest BCUT2D eigenvalue weighted by Crippen LogP contribution is -1.88. The monoisotopic (exact) mass is 141 g/mol. The fourth-order valence-electron chi connectivity index (χ4n) is 0. The van der Waals surface area contributed by atoms with E-state index in [4.69, 9.17) is 14.7 Å². The molecular formula is C2H11AlO3P+. The first kappa shape index (κ1) is 10.8. The molecule has 0 aromatic rings. The number of hydrogen-bond donors (Lipinski definition) is 3. The molecule has 0 fully saturated rings. The van der Waals surface area contributed by atoms with Crippen LogP contribution in [0.1, 0.15) is 6.92 Å². The first-order valence-electron chi connectivity index (χ1n) is 1.62. The molecule has 0 bridgehead atoms. The molecule has 0 aromatic carbocycles. The zero-order valence-electron chi connectivity index (χ0n) is 3.50. The van der Waals surface area contributed by atoms with Crippen LogP contribution in [-0.2, 0) is 0 Å². The Bertz CT molecular complexity index is 42.7. The van der Waals surface area contributed by atoms with Crippen molar-refractivity contribution in [1.82, 2.24) is 0 Å². The second kappa shape index (κ2) is 3.80. The molecule has 0 aliphatic heterocycles. The largest absolute Gasteiger partial charge is 0.403 e. The van der Waals surface area contributed by atoms with Crippen molar-refractivity contribution in [2.45, 2.75) is 6.92 Å². The topological polar surface area (TPSA) is 60.7 Å². The molecule has 44 valence electrons. The van der Waals surface area contributed by atoms with Gasteiger partial charge in [-0.1, -0.05) is 0 Å². The van der Waals surface area contributed by atoms with Crippen molar-refractivity contribution in [2.24, 2.45) is 0 Å². The number of hydrogen-bond acceptors (Lipinski definition) is 3. The fourth-order valence-corrected chi connectivity index (χ4v) is 0. The van der Waals surface area contributed by atoms with Crippen molar-refractivity contribution in [3.8, 4) is 0 Å². The van der Waals surface area contributed by atoms with Crippen LogP contribution in [-0.4, -0.2) is 38.2 Å². The molecular weight excluding hydrogens is 130 g/mol. The van der Waals surface area contributed by atoms with Gasteiger partial charge >= 0.3 is 7.94 Å². The molecule has 0 saturated carbocycles. The Hall–Kier alpha value is 0.842. The smallest absolute Gasteiger partial charge is 0.193 e. The zero-order chi connectivity index (χ0) is 5.21. The van der Waals surface area contributed by atoms with Gasteiger partial charge in [-0.15, -0.1) is 0 Å². The Morgan fingerprint density at radius 3 is 1.43 bits per heavy atom. The molecule has 0 aromatic heterocycles. The highest BCUT2D eigenvalue weighted by Crippen LogP contribution is 2.43. The van der Waals surface area contributed by atoms with E-state index < -0.39 is 7.94 Å². The van der Waals surface area contributed by atoms with E-state index in [9.17, 15) is 0 Å². The minimum absolute atomic E-state index is 0. The van der Waals surface area contributed by atoms with Crippen molar-refractivity contribution in [2.75, 3.05) is 6.16 Å². The first-order chi connectivity index (χ1) is 2.56. The van der Waals surface area contributed by atoms with Crippen LogP contribution >= 0.6 is 7.94 Å². The molecule has 0 aliphatic rings. The third kappa shape index (κ3) is 10.9. The van der Waals surface area contributed by atoms with Gasteiger partial charge in [-0.05, 0) is 6.92 Å². The van der Waals surface area contributed by atoms with Crippen molar-refractivity contribution in [3.05, 3.63) is 0 Å². The Morgan fingerprint density at radius 1 is 1.29 bits per heavy atom. The minimum atomic E-state index is -3.40. The van der Waals surface area contributed by atoms with E-state index in [0.717, 1.165) is 0 Å². The van der Waals surface area contributed by atoms with Gasteiger partial charge in [0, 0.05) is 0 Å². The second-order valence-electron chi connectivity index (χ2n) is 1.01. The summed E-state index contributed by atoms with van der Waals surface area (Å²) in [6, 6.07) is 0. The summed E-state index contributed by atoms with van der Waals surface area (Å²) in [7, 11) is -3.40. The number of rotatable bonds is 1. The summed E-state index contributed by atoms with van der Waals surface area (Å²) in [5.74, 6) is 0. The summed E-state index contributed by atoms with van der Waals surface area (Å²) in [5, 5.41) is 0. The van der Waals surface area contributed by atoms with Crippen LogP contribution in [0, 0.1) is 0 Å². The van der Waals surface area contributed by atoms with E-state index in [1.54, 1.807) is 0 Å². The van der Waals surface area contributed by atoms with Gasteiger partial charge in [0.1, 0.15) is 6.16 Å². The molecule has 0 aliphatic carbocycles. The SMILES string of the molecule is CC[P+](O)(O)O.[AlH3]. The average molecular weight is 141 g/mol. The molecule has 0 rings (SSSR count). The van der Waals surface area contributed by atoms with Gasteiger partial charge in [-0.2, -0.15) is 14.7 Å². The summed E-state index contributed by atoms with van der Waals surface area (Å²) in [5.41, 5.74) is 0. The third-order valence-corrected chi connectivity index (χ3v) is 1.27. The van der Waals surface area contributed by atoms with Crippen molar-refractivity contribution in [3.63, 3.8) is 0 Å². The lowest BCUT2D eigenvalue weighted by molar-refractivity contribution is 0.332. The normalized spacial score (nSPS) is 10.3. The van der Waals surface area contributed by atoms with Gasteiger partial charge in [0.25, 0.3) is 0 Å². The first-order valence-corrected chi connectivity index (χ1v) is 3.46. The van der Waals surface area contributed by atoms with Crippen molar-refractivity contribution in [1.29, 1.82) is 0 Å². The van der Waals surface area contributed by atoms with E-state index in [1.165, 1.54) is 6.92 Å². The lowest BCUT2D eigenvalue weighted by Gasteiger charge is -1.95. The summed E-state index contributed by atoms with van der Waals surface area (Å²) >= 11 is 0. The van der Waals surface area contributed by atoms with E-state index in [1.807, 2.05) is 0 Å². The highest BCUT2D eigenvalue weighted by molar-refractivity contribution is 7.58. The quantitative estimate of drug-likeness (QED) is 0.309. The molecule has 0 atom stereocenters. The Balaban J connectivity index is 0. The molecule has 0 amide bonds. The summed E-state index contributed by atoms with van der Waals surface area (Å²) < 4.78 is 0. The highest BCUT2D eigenvalue weighted by atomic mass is 31.2. The minimum Gasteiger partial charge on any atom is -0.193 e. The van der Waals surface area contributed by atoms with Gasteiger partial charge in [-0.3, -0.25) is 0 Å². The lowest BCUT2D eigenvalue weighted by atomic mass is 11.0. The van der Waals surface area contributed by atoms with Crippen LogP contribution in [0.4, 0.5) is 0 Å². The highest BCUT2D eigenvalue weighted by Gasteiger charge is 2.24. The maximum absolute atomic E-state index is 8.05. The Labute approximate surface area is 53.7 Å². The third-order valence-electron chi connectivity index (χ3n) is 0.424. The average Bonchev–Trinajstić information content (AvgIpc) is 1.35. The van der Waals surface area contributed by atoms with Crippen LogP contribution in [0.25, 0.3) is 0 Å². The van der Waals surface area contributed by atoms with Crippen LogP contribution in [0.3, 0.4) is 0 Å². The molecule has 0 unspecified atom stereocenters. The molecule has 3 nitrogen and oxygen atoms in total. The molecule has 0 spiro atoms.